The third-order valence-corrected chi connectivity index (χ3v) is 2.76. The minimum absolute atomic E-state index is 0.0590. The Labute approximate surface area is 74.2 Å². The van der Waals surface area contributed by atoms with Crippen LogP contribution in [0.15, 0.2) is 0 Å². The molecule has 3 heteroatoms. The third kappa shape index (κ3) is 1.63. The lowest BCUT2D eigenvalue weighted by Gasteiger charge is -2.49. The van der Waals surface area contributed by atoms with Crippen molar-refractivity contribution in [2.45, 2.75) is 58.0 Å². The molecule has 0 spiro atoms. The van der Waals surface area contributed by atoms with Crippen LogP contribution in [-0.4, -0.2) is 21.4 Å². The Morgan fingerprint density at radius 2 is 1.50 bits per heavy atom. The van der Waals surface area contributed by atoms with Crippen molar-refractivity contribution in [3.05, 3.63) is 0 Å². The lowest BCUT2D eigenvalue weighted by atomic mass is 9.82. The smallest absolute Gasteiger partial charge is 0.0442 e. The van der Waals surface area contributed by atoms with Crippen LogP contribution in [-0.2, 0) is 4.99 Å². The van der Waals surface area contributed by atoms with E-state index in [1.807, 2.05) is 0 Å². The molecular formula is C9H19NO2. The SMILES string of the molecule is CC1(C)CCCC(C)(C)N1OO. The zero-order valence-corrected chi connectivity index (χ0v) is 8.42. The maximum atomic E-state index is 8.79. The molecule has 1 rings (SSSR count). The van der Waals surface area contributed by atoms with E-state index in [2.05, 4.69) is 32.7 Å². The van der Waals surface area contributed by atoms with E-state index >= 15 is 0 Å². The highest BCUT2D eigenvalue weighted by atomic mass is 17.2. The van der Waals surface area contributed by atoms with Crippen LogP contribution in [0.5, 0.6) is 0 Å². The summed E-state index contributed by atoms with van der Waals surface area (Å²) in [5.41, 5.74) is -0.118. The highest BCUT2D eigenvalue weighted by Crippen LogP contribution is 2.37. The molecule has 1 N–H and O–H groups in total. The lowest BCUT2D eigenvalue weighted by Crippen LogP contribution is -2.57. The topological polar surface area (TPSA) is 32.7 Å². The quantitative estimate of drug-likeness (QED) is 0.488. The summed E-state index contributed by atoms with van der Waals surface area (Å²) in [5, 5.41) is 10.5. The van der Waals surface area contributed by atoms with Gasteiger partial charge in [-0.05, 0) is 47.0 Å². The maximum Gasteiger partial charge on any atom is 0.0442 e. The van der Waals surface area contributed by atoms with Crippen LogP contribution in [0, 0.1) is 0 Å². The van der Waals surface area contributed by atoms with Gasteiger partial charge in [0.05, 0.1) is 0 Å². The van der Waals surface area contributed by atoms with Crippen molar-refractivity contribution in [3.63, 3.8) is 0 Å². The van der Waals surface area contributed by atoms with Gasteiger partial charge < -0.3 is 0 Å². The zero-order valence-electron chi connectivity index (χ0n) is 8.42. The molecule has 1 aliphatic rings. The Hall–Kier alpha value is -0.120. The summed E-state index contributed by atoms with van der Waals surface area (Å²) < 4.78 is 0. The molecule has 0 aromatic carbocycles. The first-order valence-electron chi connectivity index (χ1n) is 4.52. The van der Waals surface area contributed by atoms with Crippen LogP contribution in [0.4, 0.5) is 0 Å². The molecule has 0 unspecified atom stereocenters. The molecule has 0 amide bonds. The largest absolute Gasteiger partial charge is 0.233 e. The van der Waals surface area contributed by atoms with Crippen molar-refractivity contribution in [2.75, 3.05) is 0 Å². The molecule has 12 heavy (non-hydrogen) atoms. The molecule has 0 saturated carbocycles. The van der Waals surface area contributed by atoms with Gasteiger partial charge in [-0.1, -0.05) is 0 Å². The summed E-state index contributed by atoms with van der Waals surface area (Å²) in [6, 6.07) is 0. The lowest BCUT2D eigenvalue weighted by molar-refractivity contribution is -0.452. The molecule has 1 fully saturated rings. The van der Waals surface area contributed by atoms with Crippen molar-refractivity contribution < 1.29 is 10.2 Å². The minimum atomic E-state index is -0.0590. The van der Waals surface area contributed by atoms with Gasteiger partial charge in [0.1, 0.15) is 0 Å². The van der Waals surface area contributed by atoms with E-state index in [9.17, 15) is 0 Å². The molecule has 0 bridgehead atoms. The number of hydrogen-bond acceptors (Lipinski definition) is 3. The fourth-order valence-corrected chi connectivity index (χ4v) is 2.20. The Balaban J connectivity index is 2.81. The standard InChI is InChI=1S/C9H19NO2/c1-8(2)6-5-7-9(3,4)10(8)12-11/h11H,5-7H2,1-4H3. The van der Waals surface area contributed by atoms with E-state index in [0.29, 0.717) is 0 Å². The Morgan fingerprint density at radius 3 is 1.75 bits per heavy atom. The van der Waals surface area contributed by atoms with Gasteiger partial charge in [0, 0.05) is 11.1 Å². The monoisotopic (exact) mass is 173 g/mol. The highest BCUT2D eigenvalue weighted by Gasteiger charge is 2.42. The molecule has 1 aliphatic heterocycles. The average molecular weight is 173 g/mol. The maximum absolute atomic E-state index is 8.79. The number of rotatable bonds is 1. The van der Waals surface area contributed by atoms with E-state index in [1.54, 1.807) is 5.06 Å². The van der Waals surface area contributed by atoms with Crippen LogP contribution >= 0.6 is 0 Å². The molecule has 0 radical (unpaired) electrons. The average Bonchev–Trinajstić information content (AvgIpc) is 1.83. The Kier molecular flexibility index (Phi) is 2.47. The van der Waals surface area contributed by atoms with Gasteiger partial charge in [0.15, 0.2) is 0 Å². The summed E-state index contributed by atoms with van der Waals surface area (Å²) in [4.78, 5) is 4.46. The summed E-state index contributed by atoms with van der Waals surface area (Å²) in [5.74, 6) is 0. The van der Waals surface area contributed by atoms with Crippen LogP contribution in [0.3, 0.4) is 0 Å². The predicted molar refractivity (Wildman–Crippen MR) is 47.6 cm³/mol. The minimum Gasteiger partial charge on any atom is -0.233 e. The van der Waals surface area contributed by atoms with E-state index in [4.69, 9.17) is 5.26 Å². The van der Waals surface area contributed by atoms with Crippen LogP contribution in [0.1, 0.15) is 47.0 Å². The van der Waals surface area contributed by atoms with E-state index in [1.165, 1.54) is 6.42 Å². The number of piperidine rings is 1. The normalized spacial score (nSPS) is 28.8. The van der Waals surface area contributed by atoms with Crippen molar-refractivity contribution in [2.24, 2.45) is 0 Å². The molecule has 3 nitrogen and oxygen atoms in total. The highest BCUT2D eigenvalue weighted by molar-refractivity contribution is 4.92. The van der Waals surface area contributed by atoms with Gasteiger partial charge in [-0.15, -0.1) is 10.1 Å². The first-order chi connectivity index (χ1) is 5.40. The zero-order chi connectivity index (χ0) is 9.41. The molecule has 1 saturated heterocycles. The molecule has 0 atom stereocenters. The first kappa shape index (κ1) is 9.96. The van der Waals surface area contributed by atoms with E-state index in [0.717, 1.165) is 12.8 Å². The van der Waals surface area contributed by atoms with Gasteiger partial charge in [0.2, 0.25) is 0 Å². The van der Waals surface area contributed by atoms with Gasteiger partial charge in [-0.2, -0.15) is 0 Å². The van der Waals surface area contributed by atoms with Gasteiger partial charge in [-0.25, -0.2) is 5.26 Å². The Morgan fingerprint density at radius 1 is 1.08 bits per heavy atom. The summed E-state index contributed by atoms with van der Waals surface area (Å²) in [7, 11) is 0. The fourth-order valence-electron chi connectivity index (χ4n) is 2.20. The van der Waals surface area contributed by atoms with Crippen molar-refractivity contribution in [3.8, 4) is 0 Å². The second-order valence-electron chi connectivity index (χ2n) is 4.85. The molecule has 0 aliphatic carbocycles. The van der Waals surface area contributed by atoms with Crippen LogP contribution in [0.25, 0.3) is 0 Å². The molecule has 72 valence electrons. The Bertz CT molecular complexity index is 150. The van der Waals surface area contributed by atoms with Gasteiger partial charge in [-0.3, -0.25) is 0 Å². The first-order valence-corrected chi connectivity index (χ1v) is 4.52. The second-order valence-corrected chi connectivity index (χ2v) is 4.85. The fraction of sp³-hybridized carbons (Fsp3) is 1.00. The second kappa shape index (κ2) is 2.98. The summed E-state index contributed by atoms with van der Waals surface area (Å²) >= 11 is 0. The molecular weight excluding hydrogens is 154 g/mol. The van der Waals surface area contributed by atoms with Gasteiger partial charge >= 0.3 is 0 Å². The number of nitrogens with zero attached hydrogens (tertiary/aromatic N) is 1. The van der Waals surface area contributed by atoms with Crippen molar-refractivity contribution >= 4 is 0 Å². The van der Waals surface area contributed by atoms with E-state index < -0.39 is 0 Å². The van der Waals surface area contributed by atoms with Crippen molar-refractivity contribution in [1.29, 1.82) is 0 Å². The van der Waals surface area contributed by atoms with Crippen LogP contribution < -0.4 is 0 Å². The summed E-state index contributed by atoms with van der Waals surface area (Å²) in [6.07, 6.45) is 3.33. The number of hydroxylamine groups is 2. The van der Waals surface area contributed by atoms with Crippen molar-refractivity contribution in [1.82, 2.24) is 5.06 Å². The van der Waals surface area contributed by atoms with E-state index in [-0.39, 0.29) is 11.1 Å². The molecule has 0 aromatic heterocycles. The third-order valence-electron chi connectivity index (χ3n) is 2.76. The predicted octanol–water partition coefficient (Wildman–Crippen LogP) is 2.43. The van der Waals surface area contributed by atoms with Gasteiger partial charge in [0.25, 0.3) is 0 Å². The summed E-state index contributed by atoms with van der Waals surface area (Å²) in [6.45, 7) is 8.35. The molecule has 0 aromatic rings. The van der Waals surface area contributed by atoms with Crippen LogP contribution in [0.2, 0.25) is 0 Å². The molecule has 1 heterocycles. The number of hydrogen-bond donors (Lipinski definition) is 1.